The van der Waals surface area contributed by atoms with Crippen molar-refractivity contribution in [2.75, 3.05) is 0 Å². The lowest BCUT2D eigenvalue weighted by atomic mass is 10.1. The molecule has 0 aliphatic carbocycles. The van der Waals surface area contributed by atoms with Gasteiger partial charge in [0.15, 0.2) is 5.78 Å². The molecule has 2 aromatic rings. The summed E-state index contributed by atoms with van der Waals surface area (Å²) in [7, 11) is 0. The molecule has 2 aromatic carbocycles. The van der Waals surface area contributed by atoms with Crippen molar-refractivity contribution in [1.82, 2.24) is 0 Å². The summed E-state index contributed by atoms with van der Waals surface area (Å²) in [6.07, 6.45) is 0. The van der Waals surface area contributed by atoms with Gasteiger partial charge in [0, 0.05) is 11.1 Å². The molecule has 19 heavy (non-hydrogen) atoms. The Labute approximate surface area is 111 Å². The van der Waals surface area contributed by atoms with Crippen molar-refractivity contribution in [3.63, 3.8) is 0 Å². The Bertz CT molecular complexity index is 588. The molecule has 2 nitrogen and oxygen atoms in total. The molecule has 0 heterocycles. The van der Waals surface area contributed by atoms with Gasteiger partial charge in [-0.25, -0.2) is 4.39 Å². The van der Waals surface area contributed by atoms with Gasteiger partial charge < -0.3 is 4.74 Å². The van der Waals surface area contributed by atoms with Gasteiger partial charge in [0.25, 0.3) is 0 Å². The minimum absolute atomic E-state index is 0.146. The summed E-state index contributed by atoms with van der Waals surface area (Å²) in [6.45, 7) is 3.55. The summed E-state index contributed by atoms with van der Waals surface area (Å²) >= 11 is 0. The molecule has 0 amide bonds. The molecule has 0 N–H and O–H groups in total. The number of carbonyl (C=O) groups excluding carboxylic acids is 1. The molecule has 0 aliphatic rings. The Kier molecular flexibility index (Phi) is 3.95. The number of hydrogen-bond donors (Lipinski definition) is 0. The van der Waals surface area contributed by atoms with E-state index in [4.69, 9.17) is 4.74 Å². The van der Waals surface area contributed by atoms with Gasteiger partial charge in [-0.3, -0.25) is 4.79 Å². The minimum atomic E-state index is -0.417. The van der Waals surface area contributed by atoms with Crippen LogP contribution in [0.4, 0.5) is 4.39 Å². The first-order chi connectivity index (χ1) is 9.06. The van der Waals surface area contributed by atoms with Crippen molar-refractivity contribution in [2.45, 2.75) is 20.5 Å². The highest BCUT2D eigenvalue weighted by atomic mass is 19.1. The van der Waals surface area contributed by atoms with E-state index in [-0.39, 0.29) is 12.4 Å². The zero-order chi connectivity index (χ0) is 13.8. The molecule has 0 unspecified atom stereocenters. The minimum Gasteiger partial charge on any atom is -0.489 e. The van der Waals surface area contributed by atoms with Crippen molar-refractivity contribution in [1.29, 1.82) is 0 Å². The Morgan fingerprint density at radius 3 is 2.42 bits per heavy atom. The number of aryl methyl sites for hydroxylation is 1. The maximum Gasteiger partial charge on any atom is 0.159 e. The smallest absolute Gasteiger partial charge is 0.159 e. The van der Waals surface area contributed by atoms with E-state index in [2.05, 4.69) is 0 Å². The number of benzene rings is 2. The number of Topliss-reactive ketones (excluding diaryl/α,β-unsaturated/α-hetero) is 1. The first-order valence-corrected chi connectivity index (χ1v) is 6.05. The summed E-state index contributed by atoms with van der Waals surface area (Å²) in [5.74, 6) is 0.130. The van der Waals surface area contributed by atoms with Crippen LogP contribution in [0.5, 0.6) is 5.75 Å². The molecule has 0 bridgehead atoms. The maximum absolute atomic E-state index is 13.7. The molecule has 3 heteroatoms. The van der Waals surface area contributed by atoms with Gasteiger partial charge in [0.1, 0.15) is 18.2 Å². The van der Waals surface area contributed by atoms with E-state index in [0.717, 1.165) is 5.56 Å². The molecular weight excluding hydrogens is 243 g/mol. The highest BCUT2D eigenvalue weighted by molar-refractivity contribution is 5.94. The van der Waals surface area contributed by atoms with Gasteiger partial charge in [-0.2, -0.15) is 0 Å². The monoisotopic (exact) mass is 258 g/mol. The molecular formula is C16H15FO2. The van der Waals surface area contributed by atoms with Gasteiger partial charge in [0.05, 0.1) is 0 Å². The lowest BCUT2D eigenvalue weighted by Crippen LogP contribution is -2.01. The zero-order valence-electron chi connectivity index (χ0n) is 10.9. The molecule has 0 aromatic heterocycles. The third-order valence-corrected chi connectivity index (χ3v) is 2.87. The highest BCUT2D eigenvalue weighted by Gasteiger charge is 2.07. The number of halogens is 1. The largest absolute Gasteiger partial charge is 0.489 e. The first-order valence-electron chi connectivity index (χ1n) is 6.05. The molecule has 0 saturated heterocycles. The summed E-state index contributed by atoms with van der Waals surface area (Å²) < 4.78 is 19.2. The topological polar surface area (TPSA) is 26.3 Å². The first kappa shape index (κ1) is 13.3. The van der Waals surface area contributed by atoms with Gasteiger partial charge >= 0.3 is 0 Å². The average molecular weight is 258 g/mol. The number of carbonyl (C=O) groups is 1. The Morgan fingerprint density at radius 2 is 1.84 bits per heavy atom. The van der Waals surface area contributed by atoms with Gasteiger partial charge in [-0.05, 0) is 32.0 Å². The van der Waals surface area contributed by atoms with E-state index >= 15 is 0 Å². The third kappa shape index (κ3) is 3.41. The number of hydrogen-bond acceptors (Lipinski definition) is 2. The molecule has 2 rings (SSSR count). The van der Waals surface area contributed by atoms with Crippen molar-refractivity contribution in [3.05, 3.63) is 65.0 Å². The van der Waals surface area contributed by atoms with E-state index in [1.165, 1.54) is 13.0 Å². The van der Waals surface area contributed by atoms with Gasteiger partial charge in [-0.1, -0.05) is 29.8 Å². The van der Waals surface area contributed by atoms with Crippen LogP contribution in [-0.2, 0) is 6.61 Å². The van der Waals surface area contributed by atoms with Crippen LogP contribution < -0.4 is 4.74 Å². The van der Waals surface area contributed by atoms with E-state index < -0.39 is 5.82 Å². The second-order valence-electron chi connectivity index (χ2n) is 4.46. The van der Waals surface area contributed by atoms with Crippen LogP contribution in [0.25, 0.3) is 0 Å². The number of ketones is 1. The van der Waals surface area contributed by atoms with Crippen LogP contribution in [0.3, 0.4) is 0 Å². The Balaban J connectivity index is 2.07. The molecule has 0 saturated carbocycles. The van der Waals surface area contributed by atoms with Crippen LogP contribution in [0, 0.1) is 12.7 Å². The van der Waals surface area contributed by atoms with Gasteiger partial charge in [-0.15, -0.1) is 0 Å². The fourth-order valence-electron chi connectivity index (χ4n) is 1.68. The Hall–Kier alpha value is -2.16. The normalized spacial score (nSPS) is 10.3. The highest BCUT2D eigenvalue weighted by Crippen LogP contribution is 2.16. The van der Waals surface area contributed by atoms with Gasteiger partial charge in [0.2, 0.25) is 0 Å². The maximum atomic E-state index is 13.7. The standard InChI is InChI=1S/C16H15FO2/c1-11-3-7-15(8-4-11)19-10-14-6-5-13(12(2)18)9-16(14)17/h3-9H,10H2,1-2H3. The van der Waals surface area contributed by atoms with E-state index in [0.29, 0.717) is 16.9 Å². The zero-order valence-corrected chi connectivity index (χ0v) is 10.9. The summed E-state index contributed by atoms with van der Waals surface area (Å²) in [4.78, 5) is 11.1. The SMILES string of the molecule is CC(=O)c1ccc(COc2ccc(C)cc2)c(F)c1. The fraction of sp³-hybridized carbons (Fsp3) is 0.188. The average Bonchev–Trinajstić information content (AvgIpc) is 2.39. The lowest BCUT2D eigenvalue weighted by molar-refractivity contribution is 0.101. The predicted octanol–water partition coefficient (Wildman–Crippen LogP) is 3.92. The fourth-order valence-corrected chi connectivity index (χ4v) is 1.68. The van der Waals surface area contributed by atoms with Crippen LogP contribution in [0.2, 0.25) is 0 Å². The molecule has 0 aliphatic heterocycles. The quantitative estimate of drug-likeness (QED) is 0.777. The predicted molar refractivity (Wildman–Crippen MR) is 71.9 cm³/mol. The van der Waals surface area contributed by atoms with Crippen molar-refractivity contribution >= 4 is 5.78 Å². The lowest BCUT2D eigenvalue weighted by Gasteiger charge is -2.08. The molecule has 0 radical (unpaired) electrons. The third-order valence-electron chi connectivity index (χ3n) is 2.87. The van der Waals surface area contributed by atoms with Crippen LogP contribution in [-0.4, -0.2) is 5.78 Å². The molecule has 0 fully saturated rings. The number of ether oxygens (including phenoxy) is 1. The second-order valence-corrected chi connectivity index (χ2v) is 4.46. The van der Waals surface area contributed by atoms with Crippen LogP contribution >= 0.6 is 0 Å². The van der Waals surface area contributed by atoms with Crippen molar-refractivity contribution in [2.24, 2.45) is 0 Å². The Morgan fingerprint density at radius 1 is 1.16 bits per heavy atom. The van der Waals surface area contributed by atoms with Crippen molar-refractivity contribution < 1.29 is 13.9 Å². The number of rotatable bonds is 4. The van der Waals surface area contributed by atoms with E-state index in [1.807, 2.05) is 31.2 Å². The second kappa shape index (κ2) is 5.65. The van der Waals surface area contributed by atoms with E-state index in [1.54, 1.807) is 12.1 Å². The molecule has 0 spiro atoms. The molecule has 0 atom stereocenters. The van der Waals surface area contributed by atoms with Crippen molar-refractivity contribution in [3.8, 4) is 5.75 Å². The summed E-state index contributed by atoms with van der Waals surface area (Å²) in [5.41, 5.74) is 1.95. The van der Waals surface area contributed by atoms with Crippen LogP contribution in [0.15, 0.2) is 42.5 Å². The van der Waals surface area contributed by atoms with E-state index in [9.17, 15) is 9.18 Å². The summed E-state index contributed by atoms with van der Waals surface area (Å²) in [6, 6.07) is 12.0. The molecule has 98 valence electrons. The summed E-state index contributed by atoms with van der Waals surface area (Å²) in [5, 5.41) is 0. The van der Waals surface area contributed by atoms with Crippen LogP contribution in [0.1, 0.15) is 28.4 Å².